The highest BCUT2D eigenvalue weighted by molar-refractivity contribution is 5.90. The first kappa shape index (κ1) is 17.8. The molecule has 0 saturated carbocycles. The quantitative estimate of drug-likeness (QED) is 0.787. The van der Waals surface area contributed by atoms with Crippen molar-refractivity contribution < 1.29 is 28.4 Å². The topological polar surface area (TPSA) is 55.4 Å². The maximum Gasteiger partial charge on any atom is 0.164 e. The van der Waals surface area contributed by atoms with Crippen LogP contribution in [0.1, 0.15) is 11.1 Å². The van der Waals surface area contributed by atoms with E-state index in [9.17, 15) is 0 Å². The summed E-state index contributed by atoms with van der Waals surface area (Å²) in [6.07, 6.45) is 1.99. The van der Waals surface area contributed by atoms with Crippen molar-refractivity contribution in [3.63, 3.8) is 0 Å². The molecule has 0 aromatic heterocycles. The zero-order valence-corrected chi connectivity index (χ0v) is 15.5. The van der Waals surface area contributed by atoms with Crippen LogP contribution in [-0.4, -0.2) is 42.2 Å². The second-order valence-corrected chi connectivity index (χ2v) is 5.54. The Morgan fingerprint density at radius 1 is 0.692 bits per heavy atom. The van der Waals surface area contributed by atoms with E-state index in [1.807, 2.05) is 30.3 Å². The van der Waals surface area contributed by atoms with Crippen LogP contribution in [0.3, 0.4) is 0 Å². The maximum atomic E-state index is 5.79. The first-order valence-electron chi connectivity index (χ1n) is 8.06. The van der Waals surface area contributed by atoms with Crippen molar-refractivity contribution in [2.75, 3.05) is 42.2 Å². The second-order valence-electron chi connectivity index (χ2n) is 5.54. The lowest BCUT2D eigenvalue weighted by Gasteiger charge is -2.24. The van der Waals surface area contributed by atoms with Crippen molar-refractivity contribution in [3.05, 3.63) is 41.5 Å². The summed E-state index contributed by atoms with van der Waals surface area (Å²) in [6.45, 7) is 0.427. The first-order chi connectivity index (χ1) is 12.7. The van der Waals surface area contributed by atoms with Crippen molar-refractivity contribution in [2.24, 2.45) is 0 Å². The first-order valence-corrected chi connectivity index (χ1v) is 8.06. The van der Waals surface area contributed by atoms with Crippen molar-refractivity contribution >= 4 is 5.57 Å². The van der Waals surface area contributed by atoms with Crippen LogP contribution in [0.5, 0.6) is 34.5 Å². The van der Waals surface area contributed by atoms with Gasteiger partial charge < -0.3 is 28.4 Å². The number of hydrogen-bond acceptors (Lipinski definition) is 6. The minimum absolute atomic E-state index is 0.427. The van der Waals surface area contributed by atoms with Gasteiger partial charge in [-0.1, -0.05) is 0 Å². The third-order valence-electron chi connectivity index (χ3n) is 4.29. The number of methoxy groups -OCH3 is 5. The Bertz CT molecular complexity index is 815. The maximum absolute atomic E-state index is 5.79. The van der Waals surface area contributed by atoms with Gasteiger partial charge in [-0.15, -0.1) is 0 Å². The molecule has 1 heterocycles. The van der Waals surface area contributed by atoms with E-state index in [-0.39, 0.29) is 0 Å². The molecule has 0 aliphatic carbocycles. The SMILES string of the molecule is COc1cc(OC)c(C2=CCOc3cc(OC)c(OC)cc32)c(OC)c1. The van der Waals surface area contributed by atoms with E-state index in [1.54, 1.807) is 35.5 Å². The minimum Gasteiger partial charge on any atom is -0.496 e. The van der Waals surface area contributed by atoms with Gasteiger partial charge in [-0.05, 0) is 17.7 Å². The molecule has 0 fully saturated rings. The van der Waals surface area contributed by atoms with E-state index in [1.165, 1.54) is 0 Å². The fraction of sp³-hybridized carbons (Fsp3) is 0.300. The monoisotopic (exact) mass is 358 g/mol. The van der Waals surface area contributed by atoms with Crippen LogP contribution in [0.2, 0.25) is 0 Å². The zero-order chi connectivity index (χ0) is 18.7. The van der Waals surface area contributed by atoms with Crippen LogP contribution < -0.4 is 28.4 Å². The average Bonchev–Trinajstić information content (AvgIpc) is 2.70. The smallest absolute Gasteiger partial charge is 0.164 e. The van der Waals surface area contributed by atoms with Gasteiger partial charge in [0.2, 0.25) is 0 Å². The average molecular weight is 358 g/mol. The molecule has 1 aliphatic rings. The van der Waals surface area contributed by atoms with Gasteiger partial charge in [0.1, 0.15) is 29.6 Å². The van der Waals surface area contributed by atoms with Gasteiger partial charge in [0, 0.05) is 23.8 Å². The molecule has 6 heteroatoms. The van der Waals surface area contributed by atoms with E-state index >= 15 is 0 Å². The predicted molar refractivity (Wildman–Crippen MR) is 98.2 cm³/mol. The fourth-order valence-electron chi connectivity index (χ4n) is 3.02. The minimum atomic E-state index is 0.427. The Kier molecular flexibility index (Phi) is 5.11. The van der Waals surface area contributed by atoms with Crippen molar-refractivity contribution in [1.29, 1.82) is 0 Å². The summed E-state index contributed by atoms with van der Waals surface area (Å²) < 4.78 is 33.2. The molecule has 26 heavy (non-hydrogen) atoms. The molecule has 0 spiro atoms. The van der Waals surface area contributed by atoms with Gasteiger partial charge in [0.25, 0.3) is 0 Å². The van der Waals surface area contributed by atoms with Crippen LogP contribution in [0.25, 0.3) is 5.57 Å². The molecule has 0 atom stereocenters. The normalized spacial score (nSPS) is 12.4. The molecule has 2 aromatic rings. The third kappa shape index (κ3) is 2.98. The largest absolute Gasteiger partial charge is 0.496 e. The predicted octanol–water partition coefficient (Wildman–Crippen LogP) is 3.55. The van der Waals surface area contributed by atoms with Gasteiger partial charge in [0.05, 0.1) is 41.1 Å². The summed E-state index contributed by atoms with van der Waals surface area (Å²) in [5, 5.41) is 0. The van der Waals surface area contributed by atoms with Gasteiger partial charge in [-0.25, -0.2) is 0 Å². The Morgan fingerprint density at radius 3 is 1.81 bits per heavy atom. The fourth-order valence-corrected chi connectivity index (χ4v) is 3.02. The second kappa shape index (κ2) is 7.47. The molecule has 138 valence electrons. The van der Waals surface area contributed by atoms with Gasteiger partial charge in [-0.2, -0.15) is 0 Å². The lowest BCUT2D eigenvalue weighted by Crippen LogP contribution is -2.08. The molecule has 6 nitrogen and oxygen atoms in total. The molecule has 3 rings (SSSR count). The van der Waals surface area contributed by atoms with Crippen LogP contribution in [-0.2, 0) is 0 Å². The lowest BCUT2D eigenvalue weighted by atomic mass is 9.93. The van der Waals surface area contributed by atoms with Gasteiger partial charge in [-0.3, -0.25) is 0 Å². The van der Waals surface area contributed by atoms with E-state index in [0.717, 1.165) is 16.7 Å². The number of hydrogen-bond donors (Lipinski definition) is 0. The molecule has 0 bridgehead atoms. The molecule has 0 saturated heterocycles. The number of benzene rings is 2. The standard InChI is InChI=1S/C20H22O6/c1-21-12-8-18(24-4)20(19(9-12)25-5)13-6-7-26-15-11-17(23-3)16(22-2)10-14(13)15/h6,8-11H,7H2,1-5H3. The summed E-state index contributed by atoms with van der Waals surface area (Å²) >= 11 is 0. The van der Waals surface area contributed by atoms with Crippen molar-refractivity contribution in [3.8, 4) is 34.5 Å². The molecule has 2 aromatic carbocycles. The Balaban J connectivity index is 2.22. The molecular weight excluding hydrogens is 336 g/mol. The number of ether oxygens (including phenoxy) is 6. The number of rotatable bonds is 6. The Labute approximate surface area is 152 Å². The van der Waals surface area contributed by atoms with Crippen molar-refractivity contribution in [1.82, 2.24) is 0 Å². The Hall–Kier alpha value is -3.02. The summed E-state index contributed by atoms with van der Waals surface area (Å²) in [6, 6.07) is 7.37. The van der Waals surface area contributed by atoms with Gasteiger partial charge >= 0.3 is 0 Å². The lowest BCUT2D eigenvalue weighted by molar-refractivity contribution is 0.335. The molecular formula is C20H22O6. The van der Waals surface area contributed by atoms with E-state index in [0.29, 0.717) is 41.1 Å². The summed E-state index contributed by atoms with van der Waals surface area (Å²) in [4.78, 5) is 0. The van der Waals surface area contributed by atoms with Crippen LogP contribution in [0, 0.1) is 0 Å². The molecule has 0 amide bonds. The van der Waals surface area contributed by atoms with Crippen molar-refractivity contribution in [2.45, 2.75) is 0 Å². The highest BCUT2D eigenvalue weighted by Gasteiger charge is 2.25. The highest BCUT2D eigenvalue weighted by atomic mass is 16.5. The third-order valence-corrected chi connectivity index (χ3v) is 4.29. The zero-order valence-electron chi connectivity index (χ0n) is 15.5. The summed E-state index contributed by atoms with van der Waals surface area (Å²) in [5.41, 5.74) is 2.63. The van der Waals surface area contributed by atoms with E-state index in [4.69, 9.17) is 28.4 Å². The van der Waals surface area contributed by atoms with Crippen LogP contribution >= 0.6 is 0 Å². The highest BCUT2D eigenvalue weighted by Crippen LogP contribution is 2.47. The van der Waals surface area contributed by atoms with E-state index in [2.05, 4.69) is 0 Å². The molecule has 1 aliphatic heterocycles. The van der Waals surface area contributed by atoms with E-state index < -0.39 is 0 Å². The van der Waals surface area contributed by atoms with Gasteiger partial charge in [0.15, 0.2) is 11.5 Å². The van der Waals surface area contributed by atoms with Crippen LogP contribution in [0.15, 0.2) is 30.3 Å². The van der Waals surface area contributed by atoms with Crippen LogP contribution in [0.4, 0.5) is 0 Å². The number of fused-ring (bicyclic) bond motifs is 1. The summed E-state index contributed by atoms with van der Waals surface area (Å²) in [5.74, 6) is 3.89. The summed E-state index contributed by atoms with van der Waals surface area (Å²) in [7, 11) is 8.04. The Morgan fingerprint density at radius 2 is 1.27 bits per heavy atom. The molecule has 0 unspecified atom stereocenters. The molecule has 0 radical (unpaired) electrons. The molecule has 0 N–H and O–H groups in total.